The van der Waals surface area contributed by atoms with E-state index in [2.05, 4.69) is 20.6 Å². The van der Waals surface area contributed by atoms with Crippen molar-refractivity contribution in [2.24, 2.45) is 0 Å². The smallest absolute Gasteiger partial charge is 0.321 e. The third-order valence-corrected chi connectivity index (χ3v) is 5.98. The number of nitrogens with two attached hydrogens (primary N) is 1. The average Bonchev–Trinajstić information content (AvgIpc) is 2.79. The van der Waals surface area contributed by atoms with Crippen LogP contribution >= 0.6 is 11.6 Å². The van der Waals surface area contributed by atoms with Crippen LogP contribution in [-0.2, 0) is 10.3 Å². The van der Waals surface area contributed by atoms with Gasteiger partial charge in [0.05, 0.1) is 11.3 Å². The Kier molecular flexibility index (Phi) is 6.57. The maximum atomic E-state index is 12.9. The number of nitrogens with one attached hydrogen (secondary N) is 3. The van der Waals surface area contributed by atoms with Crippen molar-refractivity contribution >= 4 is 34.8 Å². The van der Waals surface area contributed by atoms with E-state index < -0.39 is 11.6 Å². The molecule has 2 aromatic heterocycles. The van der Waals surface area contributed by atoms with Crippen LogP contribution in [0, 0.1) is 12.3 Å². The molecule has 5 N–H and O–H groups in total. The summed E-state index contributed by atoms with van der Waals surface area (Å²) < 4.78 is 5.51. The number of aryl methyl sites for hydroxylation is 1. The summed E-state index contributed by atoms with van der Waals surface area (Å²) in [5.74, 6) is 0.297. The van der Waals surface area contributed by atoms with E-state index in [-0.39, 0.29) is 5.71 Å². The number of carbonyl (C=O) groups is 1. The van der Waals surface area contributed by atoms with Gasteiger partial charge in [-0.1, -0.05) is 23.7 Å². The minimum atomic E-state index is -0.570. The van der Waals surface area contributed by atoms with Crippen LogP contribution in [0.15, 0.2) is 54.9 Å². The predicted molar refractivity (Wildman–Crippen MR) is 129 cm³/mol. The molecule has 1 saturated heterocycles. The highest BCUT2D eigenvalue weighted by atomic mass is 35.5. The van der Waals surface area contributed by atoms with Crippen molar-refractivity contribution in [3.05, 3.63) is 82.3 Å². The van der Waals surface area contributed by atoms with Gasteiger partial charge in [-0.2, -0.15) is 0 Å². The van der Waals surface area contributed by atoms with Gasteiger partial charge in [0.25, 0.3) is 0 Å². The van der Waals surface area contributed by atoms with Gasteiger partial charge in [-0.25, -0.2) is 9.78 Å². The molecule has 2 amide bonds. The molecule has 1 aliphatic heterocycles. The second-order valence-electron chi connectivity index (χ2n) is 8.00. The Bertz CT molecular complexity index is 1180. The van der Waals surface area contributed by atoms with Gasteiger partial charge >= 0.3 is 6.03 Å². The number of rotatable bonds is 5. The predicted octanol–water partition coefficient (Wildman–Crippen LogP) is 4.26. The van der Waals surface area contributed by atoms with E-state index in [1.807, 2.05) is 37.3 Å². The van der Waals surface area contributed by atoms with Crippen molar-refractivity contribution in [1.29, 1.82) is 5.41 Å². The molecule has 0 aliphatic carbocycles. The van der Waals surface area contributed by atoms with Crippen molar-refractivity contribution < 1.29 is 9.53 Å². The number of carbonyl (C=O) groups excluding carboxylic acids is 1. The van der Waals surface area contributed by atoms with Crippen LogP contribution in [0.2, 0.25) is 5.02 Å². The minimum absolute atomic E-state index is 0.241. The van der Waals surface area contributed by atoms with Crippen molar-refractivity contribution in [3.63, 3.8) is 0 Å². The molecule has 0 atom stereocenters. The fraction of sp³-hybridized carbons (Fsp3) is 0.250. The molecule has 8 nitrogen and oxygen atoms in total. The molecule has 1 aromatic carbocycles. The fourth-order valence-corrected chi connectivity index (χ4v) is 4.07. The highest BCUT2D eigenvalue weighted by Crippen LogP contribution is 2.33. The minimum Gasteiger partial charge on any atom is -0.398 e. The summed E-state index contributed by atoms with van der Waals surface area (Å²) in [6, 6.07) is 12.2. The summed E-state index contributed by atoms with van der Waals surface area (Å²) in [6.07, 6.45) is 4.42. The van der Waals surface area contributed by atoms with Gasteiger partial charge in [0.1, 0.15) is 5.82 Å². The van der Waals surface area contributed by atoms with Crippen molar-refractivity contribution in [2.75, 3.05) is 24.3 Å². The van der Waals surface area contributed by atoms with Crippen LogP contribution < -0.4 is 16.4 Å². The molecule has 0 bridgehead atoms. The average molecular weight is 465 g/mol. The van der Waals surface area contributed by atoms with Crippen molar-refractivity contribution in [3.8, 4) is 0 Å². The summed E-state index contributed by atoms with van der Waals surface area (Å²) in [7, 11) is 0. The Morgan fingerprint density at radius 3 is 2.55 bits per heavy atom. The molecule has 4 rings (SSSR count). The molecule has 0 radical (unpaired) electrons. The van der Waals surface area contributed by atoms with Gasteiger partial charge in [-0.15, -0.1) is 0 Å². The van der Waals surface area contributed by atoms with Gasteiger partial charge in [0, 0.05) is 59.2 Å². The number of pyridine rings is 2. The lowest BCUT2D eigenvalue weighted by Crippen LogP contribution is -2.51. The maximum absolute atomic E-state index is 12.9. The first-order chi connectivity index (χ1) is 15.9. The van der Waals surface area contributed by atoms with Gasteiger partial charge in [0.15, 0.2) is 0 Å². The number of ether oxygens (including phenoxy) is 1. The number of hydrogen-bond acceptors (Lipinski definition) is 6. The van der Waals surface area contributed by atoms with Gasteiger partial charge in [-0.3, -0.25) is 15.7 Å². The third kappa shape index (κ3) is 5.13. The number of aromatic nitrogens is 2. The van der Waals surface area contributed by atoms with E-state index in [0.717, 1.165) is 11.3 Å². The second kappa shape index (κ2) is 9.56. The zero-order valence-electron chi connectivity index (χ0n) is 18.2. The molecule has 170 valence electrons. The van der Waals surface area contributed by atoms with E-state index in [1.54, 1.807) is 18.3 Å². The lowest BCUT2D eigenvalue weighted by atomic mass is 9.83. The van der Waals surface area contributed by atoms with Gasteiger partial charge < -0.3 is 15.8 Å². The summed E-state index contributed by atoms with van der Waals surface area (Å²) >= 11 is 6.04. The Morgan fingerprint density at radius 2 is 1.88 bits per heavy atom. The number of hydrogen-bond donors (Lipinski definition) is 4. The normalized spacial score (nSPS) is 15.0. The number of nitrogens with zero attached hydrogens (tertiary/aromatic N) is 2. The Hall–Kier alpha value is -3.49. The van der Waals surface area contributed by atoms with Crippen LogP contribution in [0.1, 0.15) is 35.2 Å². The third-order valence-electron chi connectivity index (χ3n) is 5.73. The zero-order chi connectivity index (χ0) is 23.4. The Labute approximate surface area is 197 Å². The highest BCUT2D eigenvalue weighted by Gasteiger charge is 2.36. The quantitative estimate of drug-likeness (QED) is 0.419. The lowest BCUT2D eigenvalue weighted by molar-refractivity contribution is 0.0418. The molecule has 3 aromatic rings. The first kappa shape index (κ1) is 22.7. The topological polar surface area (TPSA) is 126 Å². The van der Waals surface area contributed by atoms with E-state index in [1.165, 1.54) is 6.20 Å². The first-order valence-corrected chi connectivity index (χ1v) is 10.9. The molecule has 0 spiro atoms. The summed E-state index contributed by atoms with van der Waals surface area (Å²) in [5.41, 5.74) is 9.16. The van der Waals surface area contributed by atoms with E-state index in [9.17, 15) is 4.79 Å². The van der Waals surface area contributed by atoms with Gasteiger partial charge in [0.2, 0.25) is 0 Å². The number of amides is 2. The molecule has 3 heterocycles. The lowest BCUT2D eigenvalue weighted by Gasteiger charge is -2.38. The van der Waals surface area contributed by atoms with Crippen LogP contribution in [-0.4, -0.2) is 34.9 Å². The van der Waals surface area contributed by atoms with E-state index in [4.69, 9.17) is 27.5 Å². The Balaban J connectivity index is 1.50. The molecule has 1 aliphatic rings. The maximum Gasteiger partial charge on any atom is 0.321 e. The number of halogens is 1. The number of benzene rings is 1. The molecule has 9 heteroatoms. The zero-order valence-corrected chi connectivity index (χ0v) is 18.9. The van der Waals surface area contributed by atoms with E-state index in [0.29, 0.717) is 53.7 Å². The monoisotopic (exact) mass is 464 g/mol. The van der Waals surface area contributed by atoms with Crippen molar-refractivity contribution in [1.82, 2.24) is 15.3 Å². The van der Waals surface area contributed by atoms with Gasteiger partial charge in [-0.05, 0) is 49.6 Å². The van der Waals surface area contributed by atoms with Crippen LogP contribution in [0.5, 0.6) is 0 Å². The molecular weight excluding hydrogens is 440 g/mol. The summed E-state index contributed by atoms with van der Waals surface area (Å²) in [4.78, 5) is 21.3. The summed E-state index contributed by atoms with van der Waals surface area (Å²) in [6.45, 7) is 2.94. The first-order valence-electron chi connectivity index (χ1n) is 10.6. The van der Waals surface area contributed by atoms with Crippen molar-refractivity contribution in [2.45, 2.75) is 25.3 Å². The molecule has 1 fully saturated rings. The summed E-state index contributed by atoms with van der Waals surface area (Å²) in [5, 5.41) is 15.0. The molecule has 33 heavy (non-hydrogen) atoms. The Morgan fingerprint density at radius 1 is 1.15 bits per heavy atom. The molecular formula is C24H25ClN6O2. The molecule has 0 unspecified atom stereocenters. The fourth-order valence-electron chi connectivity index (χ4n) is 3.94. The number of urea groups is 1. The standard InChI is InChI=1S/C24H25ClN6O2/c1-15-12-16(6-9-28-15)22(27)19-14-29-21(13-20(19)26)30-23(32)31-24(7-10-33-11-8-24)17-2-4-18(25)5-3-17/h2-6,9,12-14,27H,7-8,10-11H2,1H3,(H4,26,29,30,31,32). The number of anilines is 2. The van der Waals surface area contributed by atoms with E-state index >= 15 is 0 Å². The largest absolute Gasteiger partial charge is 0.398 e. The van der Waals surface area contributed by atoms with Crippen LogP contribution in [0.3, 0.4) is 0 Å². The highest BCUT2D eigenvalue weighted by molar-refractivity contribution is 6.30. The number of nitrogen functional groups attached to an aromatic ring is 1. The van der Waals surface area contributed by atoms with Crippen LogP contribution in [0.4, 0.5) is 16.3 Å². The molecule has 0 saturated carbocycles. The SMILES string of the molecule is Cc1cc(C(=N)c2cnc(NC(=O)NC3(c4ccc(Cl)cc4)CCOCC3)cc2N)ccn1. The second-order valence-corrected chi connectivity index (χ2v) is 8.43. The van der Waals surface area contributed by atoms with Crippen LogP contribution in [0.25, 0.3) is 0 Å².